The number of fused-ring (bicyclic) bond motifs is 1. The molecule has 0 saturated carbocycles. The Balaban J connectivity index is 1.36. The first-order valence-corrected chi connectivity index (χ1v) is 23.6. The second kappa shape index (κ2) is 17.9. The van der Waals surface area contributed by atoms with Crippen molar-refractivity contribution in [3.05, 3.63) is 191 Å². The molecule has 0 radical (unpaired) electrons. The summed E-state index contributed by atoms with van der Waals surface area (Å²) in [5, 5.41) is 12.6. The van der Waals surface area contributed by atoms with Crippen LogP contribution in [0.15, 0.2) is 158 Å². The highest BCUT2D eigenvalue weighted by Crippen LogP contribution is 2.46. The maximum Gasteiger partial charge on any atom is 0.149 e. The lowest BCUT2D eigenvalue weighted by atomic mass is 9.83. The van der Waals surface area contributed by atoms with E-state index in [1.807, 2.05) is 44.2 Å². The number of rotatable bonds is 9. The number of hydrogen-bond donors (Lipinski definition) is 1. The molecule has 1 N–H and O–H groups in total. The fourth-order valence-electron chi connectivity index (χ4n) is 9.22. The monoisotopic (exact) mass is 897 g/mol. The summed E-state index contributed by atoms with van der Waals surface area (Å²) in [5.74, 6) is -1.83. The van der Waals surface area contributed by atoms with E-state index in [0.29, 0.717) is 33.6 Å². The lowest BCUT2D eigenvalue weighted by molar-refractivity contribution is 0.466. The second-order valence-corrected chi connectivity index (χ2v) is 20.8. The number of phenolic OH excluding ortho intramolecular Hbond substituents is 1. The molecule has 0 amide bonds. The molecule has 4 nitrogen and oxygen atoms in total. The van der Waals surface area contributed by atoms with Gasteiger partial charge in [0, 0.05) is 29.7 Å². The van der Waals surface area contributed by atoms with E-state index in [0.717, 1.165) is 78.1 Å². The van der Waals surface area contributed by atoms with Crippen LogP contribution in [0.1, 0.15) is 121 Å². The Morgan fingerprint density at radius 3 is 1.90 bits per heavy atom. The summed E-state index contributed by atoms with van der Waals surface area (Å²) in [7, 11) is 0. The topological polar surface area (TPSA) is 50.9 Å². The molecule has 0 aliphatic rings. The largest absolute Gasteiger partial charge is 0.507 e. The van der Waals surface area contributed by atoms with Crippen molar-refractivity contribution in [3.63, 3.8) is 0 Å². The molecular weight excluding hydrogens is 827 g/mol. The fourth-order valence-corrected chi connectivity index (χ4v) is 9.22. The number of para-hydroxylation sites is 1. The van der Waals surface area contributed by atoms with Gasteiger partial charge in [-0.2, -0.15) is 0 Å². The number of hydrogen-bond acceptors (Lipinski definition) is 3. The van der Waals surface area contributed by atoms with Gasteiger partial charge in [-0.15, -0.1) is 0 Å². The Morgan fingerprint density at radius 1 is 0.559 bits per heavy atom. The zero-order valence-corrected chi connectivity index (χ0v) is 41.3. The molecule has 0 atom stereocenters. The first kappa shape index (κ1) is 40.1. The van der Waals surface area contributed by atoms with Crippen LogP contribution in [0.25, 0.3) is 83.9 Å². The second-order valence-electron chi connectivity index (χ2n) is 20.8. The van der Waals surface area contributed by atoms with E-state index in [2.05, 4.69) is 156 Å². The van der Waals surface area contributed by atoms with E-state index in [4.69, 9.17) is 14.1 Å². The molecule has 2 aromatic heterocycles. The Kier molecular flexibility index (Phi) is 10.5. The average molecular weight is 897 g/mol. The van der Waals surface area contributed by atoms with Gasteiger partial charge in [0.25, 0.3) is 0 Å². The minimum absolute atomic E-state index is 0.0473. The van der Waals surface area contributed by atoms with Gasteiger partial charge in [-0.25, -0.2) is 4.98 Å². The Bertz CT molecular complexity index is 3530. The number of benzene rings is 7. The summed E-state index contributed by atoms with van der Waals surface area (Å²) in [6.07, 6.45) is 1.80. The van der Waals surface area contributed by atoms with Crippen molar-refractivity contribution in [1.82, 2.24) is 14.5 Å². The molecule has 2 heterocycles. The Morgan fingerprint density at radius 2 is 1.24 bits per heavy atom. The number of imidazole rings is 1. The third-order valence-electron chi connectivity index (χ3n) is 13.3. The third kappa shape index (κ3) is 8.93. The maximum absolute atomic E-state index is 12.6. The van der Waals surface area contributed by atoms with Crippen LogP contribution in [0.4, 0.5) is 0 Å². The summed E-state index contributed by atoms with van der Waals surface area (Å²) in [6.45, 7) is 20.4. The van der Waals surface area contributed by atoms with Gasteiger partial charge in [-0.1, -0.05) is 178 Å². The van der Waals surface area contributed by atoms with Crippen LogP contribution < -0.4 is 0 Å². The average Bonchev–Trinajstić information content (AvgIpc) is 3.72. The normalized spacial score (nSPS) is 13.7. The van der Waals surface area contributed by atoms with Crippen molar-refractivity contribution in [3.8, 4) is 78.6 Å². The van der Waals surface area contributed by atoms with Crippen LogP contribution >= 0.6 is 0 Å². The van der Waals surface area contributed by atoms with Gasteiger partial charge in [-0.05, 0) is 146 Å². The highest BCUT2D eigenvalue weighted by atomic mass is 16.3. The summed E-state index contributed by atoms with van der Waals surface area (Å²) >= 11 is 0. The number of nitrogens with zero attached hydrogens (tertiary/aromatic N) is 3. The van der Waals surface area contributed by atoms with Crippen molar-refractivity contribution in [1.29, 1.82) is 0 Å². The molecule has 0 aliphatic heterocycles. The summed E-state index contributed by atoms with van der Waals surface area (Å²) in [6, 6.07) is 51.3. The molecule has 0 aliphatic carbocycles. The van der Waals surface area contributed by atoms with Gasteiger partial charge in [0.05, 0.1) is 28.0 Å². The van der Waals surface area contributed by atoms with Crippen LogP contribution in [-0.4, -0.2) is 19.6 Å². The number of aromatic nitrogens is 3. The Labute approximate surface area is 411 Å². The van der Waals surface area contributed by atoms with Gasteiger partial charge >= 0.3 is 0 Å². The summed E-state index contributed by atoms with van der Waals surface area (Å²) in [5.41, 5.74) is 16.7. The molecule has 0 saturated heterocycles. The van der Waals surface area contributed by atoms with Crippen molar-refractivity contribution < 1.29 is 12.0 Å². The molecule has 68 heavy (non-hydrogen) atoms. The molecule has 342 valence electrons. The maximum atomic E-state index is 12.6. The summed E-state index contributed by atoms with van der Waals surface area (Å²) < 4.78 is 44.4. The minimum atomic E-state index is -2.19. The number of pyridine rings is 1. The van der Waals surface area contributed by atoms with E-state index in [9.17, 15) is 7.85 Å². The van der Waals surface area contributed by atoms with Crippen molar-refractivity contribution in [2.75, 3.05) is 0 Å². The van der Waals surface area contributed by atoms with E-state index in [-0.39, 0.29) is 16.6 Å². The Hall–Kier alpha value is -7.04. The predicted octanol–water partition coefficient (Wildman–Crippen LogP) is 17.6. The fraction of sp³-hybridized carbons (Fsp3) is 0.250. The van der Waals surface area contributed by atoms with E-state index in [1.54, 1.807) is 38.2 Å². The van der Waals surface area contributed by atoms with Crippen molar-refractivity contribution in [2.24, 2.45) is 0 Å². The quantitative estimate of drug-likeness (QED) is 0.157. The van der Waals surface area contributed by atoms with E-state index < -0.39 is 18.6 Å². The number of aryl methyl sites for hydroxylation is 2. The van der Waals surface area contributed by atoms with Crippen LogP contribution in [0.5, 0.6) is 5.75 Å². The van der Waals surface area contributed by atoms with Gasteiger partial charge in [0.15, 0.2) is 0 Å². The highest BCUT2D eigenvalue weighted by molar-refractivity contribution is 5.98. The van der Waals surface area contributed by atoms with E-state index >= 15 is 0 Å². The first-order chi connectivity index (χ1) is 34.2. The molecule has 0 spiro atoms. The minimum Gasteiger partial charge on any atom is -0.507 e. The van der Waals surface area contributed by atoms with Gasteiger partial charge < -0.3 is 5.11 Å². The molecule has 7 aromatic carbocycles. The number of aromatic hydroxyl groups is 1. The molecule has 9 rings (SSSR count). The lowest BCUT2D eigenvalue weighted by Gasteiger charge is -2.22. The lowest BCUT2D eigenvalue weighted by Crippen LogP contribution is -2.11. The zero-order valence-electron chi connectivity index (χ0n) is 46.3. The summed E-state index contributed by atoms with van der Waals surface area (Å²) in [4.78, 5) is 10.6. The SMILES string of the molecule is [2H]C([2H])([2H])c1ccc(-c2ccnc(-c3cc(-c4cccc5c4nc(-c4cc(C([2H])(C)C)cc(C([2H])(C)C)c4O)n5-c4cc(-c5ccccc5)c(C)cc4-c4ccc(C(C)(C)C)cc4)cc(C(C)(C)C)c3)c2)cc1. The molecule has 9 aromatic rings. The van der Waals surface area contributed by atoms with Crippen molar-refractivity contribution >= 4 is 11.0 Å². The van der Waals surface area contributed by atoms with Crippen LogP contribution in [-0.2, 0) is 10.8 Å². The number of phenols is 1. The van der Waals surface area contributed by atoms with Crippen LogP contribution in [0.2, 0.25) is 0 Å². The van der Waals surface area contributed by atoms with Gasteiger partial charge in [0.2, 0.25) is 0 Å². The predicted molar refractivity (Wildman–Crippen MR) is 288 cm³/mol. The van der Waals surface area contributed by atoms with Crippen LogP contribution in [0, 0.1) is 13.8 Å². The third-order valence-corrected chi connectivity index (χ3v) is 13.3. The molecule has 0 fully saturated rings. The van der Waals surface area contributed by atoms with Crippen molar-refractivity contribution in [2.45, 2.75) is 106 Å². The zero-order chi connectivity index (χ0) is 52.6. The smallest absolute Gasteiger partial charge is 0.149 e. The van der Waals surface area contributed by atoms with E-state index in [1.165, 1.54) is 5.56 Å². The standard InChI is InChI=1S/C64H65N3O/c1-39(2)47-35-53(40(3)4)61(68)56(36-47)62-66-60-52(48-32-49(34-51(33-48)64(10,11)12)57-37-46(29-30-65-57)43-23-21-41(5)22-24-43)19-16-20-58(60)67(62)59-38-54(44-17-14-13-15-18-44)42(6)31-55(59)45-25-27-50(28-26-45)63(7,8)9/h13-40,68H,1-12H3/i5D3,39D,40D. The van der Waals surface area contributed by atoms with Gasteiger partial charge in [-0.3, -0.25) is 9.55 Å². The van der Waals surface area contributed by atoms with Gasteiger partial charge in [0.1, 0.15) is 11.6 Å². The first-order valence-electron chi connectivity index (χ1n) is 26.1. The highest BCUT2D eigenvalue weighted by Gasteiger charge is 2.27. The molecule has 4 heteroatoms. The molecular formula is C64H65N3O. The van der Waals surface area contributed by atoms with Crippen LogP contribution in [0.3, 0.4) is 0 Å². The molecule has 0 bridgehead atoms. The molecule has 0 unspecified atom stereocenters.